The molecule has 4 amide bonds. The predicted octanol–water partition coefficient (Wildman–Crippen LogP) is 4.09. The van der Waals surface area contributed by atoms with Gasteiger partial charge in [0.25, 0.3) is 0 Å². The minimum absolute atomic E-state index is 0.0106. The lowest BCUT2D eigenvalue weighted by atomic mass is 9.94. The standard InChI is InChI=1S/C19H18ClN3O3S/c20-13-8-6-12(7-9-13)16-21-14(11-27-16)10-22-17(24)18(25)23(19(22)26)15-4-2-1-3-5-15/h6-9,11,15H,1-5,10H2. The Bertz CT molecular complexity index is 890. The molecule has 2 fully saturated rings. The molecule has 4 rings (SSSR count). The Labute approximate surface area is 165 Å². The molecule has 0 unspecified atom stereocenters. The molecule has 1 aromatic carbocycles. The van der Waals surface area contributed by atoms with E-state index in [9.17, 15) is 14.4 Å². The Morgan fingerprint density at radius 2 is 1.74 bits per heavy atom. The Kier molecular flexibility index (Phi) is 4.97. The van der Waals surface area contributed by atoms with E-state index in [0.717, 1.165) is 52.5 Å². The first kappa shape index (κ1) is 18.1. The van der Waals surface area contributed by atoms with Crippen molar-refractivity contribution in [2.75, 3.05) is 0 Å². The van der Waals surface area contributed by atoms with Crippen molar-refractivity contribution in [1.82, 2.24) is 14.8 Å². The first-order valence-corrected chi connectivity index (χ1v) is 10.2. The van der Waals surface area contributed by atoms with Gasteiger partial charge in [-0.3, -0.25) is 14.5 Å². The van der Waals surface area contributed by atoms with E-state index < -0.39 is 17.8 Å². The van der Waals surface area contributed by atoms with Crippen molar-refractivity contribution in [2.45, 2.75) is 44.7 Å². The summed E-state index contributed by atoms with van der Waals surface area (Å²) in [7, 11) is 0. The van der Waals surface area contributed by atoms with Crippen LogP contribution in [0.3, 0.4) is 0 Å². The molecule has 0 atom stereocenters. The molecule has 8 heteroatoms. The fourth-order valence-corrected chi connectivity index (χ4v) is 4.53. The van der Waals surface area contributed by atoms with E-state index in [2.05, 4.69) is 4.98 Å². The van der Waals surface area contributed by atoms with E-state index in [1.165, 1.54) is 11.3 Å². The highest BCUT2D eigenvalue weighted by Gasteiger charge is 2.47. The van der Waals surface area contributed by atoms with Gasteiger partial charge in [0.05, 0.1) is 12.2 Å². The summed E-state index contributed by atoms with van der Waals surface area (Å²) < 4.78 is 0. The molecule has 140 valence electrons. The molecular formula is C19H18ClN3O3S. The van der Waals surface area contributed by atoms with Crippen LogP contribution in [-0.4, -0.2) is 38.7 Å². The molecule has 0 radical (unpaired) electrons. The van der Waals surface area contributed by atoms with Crippen molar-refractivity contribution in [3.63, 3.8) is 0 Å². The molecule has 2 aliphatic rings. The molecule has 1 saturated carbocycles. The molecular weight excluding hydrogens is 386 g/mol. The second-order valence-electron chi connectivity index (χ2n) is 6.79. The SMILES string of the molecule is O=C1C(=O)N(C2CCCCC2)C(=O)N1Cc1csc(-c2ccc(Cl)cc2)n1. The minimum Gasteiger partial charge on any atom is -0.263 e. The van der Waals surface area contributed by atoms with Gasteiger partial charge in [-0.05, 0) is 25.0 Å². The summed E-state index contributed by atoms with van der Waals surface area (Å²) in [5.41, 5.74) is 1.50. The summed E-state index contributed by atoms with van der Waals surface area (Å²) >= 11 is 7.33. The van der Waals surface area contributed by atoms with Gasteiger partial charge >= 0.3 is 17.8 Å². The summed E-state index contributed by atoms with van der Waals surface area (Å²) in [6, 6.07) is 6.63. The van der Waals surface area contributed by atoms with Crippen LogP contribution in [0.1, 0.15) is 37.8 Å². The normalized spacial score (nSPS) is 18.6. The first-order valence-electron chi connectivity index (χ1n) is 8.94. The summed E-state index contributed by atoms with van der Waals surface area (Å²) in [6.45, 7) is 0.0106. The monoisotopic (exact) mass is 403 g/mol. The summed E-state index contributed by atoms with van der Waals surface area (Å²) in [5.74, 6) is -1.47. The van der Waals surface area contributed by atoms with Crippen LogP contribution in [0.25, 0.3) is 10.6 Å². The summed E-state index contributed by atoms with van der Waals surface area (Å²) in [5, 5.41) is 3.22. The van der Waals surface area contributed by atoms with Gasteiger partial charge in [-0.2, -0.15) is 0 Å². The van der Waals surface area contributed by atoms with Gasteiger partial charge in [-0.15, -0.1) is 11.3 Å². The third kappa shape index (κ3) is 3.49. The van der Waals surface area contributed by atoms with Crippen molar-refractivity contribution in [2.24, 2.45) is 0 Å². The quantitative estimate of drug-likeness (QED) is 0.569. The maximum absolute atomic E-state index is 12.7. The zero-order valence-electron chi connectivity index (χ0n) is 14.6. The smallest absolute Gasteiger partial charge is 0.263 e. The first-order chi connectivity index (χ1) is 13.0. The number of rotatable bonds is 4. The Morgan fingerprint density at radius 1 is 1.04 bits per heavy atom. The molecule has 2 heterocycles. The van der Waals surface area contributed by atoms with Crippen LogP contribution < -0.4 is 0 Å². The summed E-state index contributed by atoms with van der Waals surface area (Å²) in [4.78, 5) is 44.1. The molecule has 1 aliphatic heterocycles. The molecule has 6 nitrogen and oxygen atoms in total. The third-order valence-corrected chi connectivity index (χ3v) is 6.18. The van der Waals surface area contributed by atoms with Crippen molar-refractivity contribution in [1.29, 1.82) is 0 Å². The zero-order chi connectivity index (χ0) is 19.0. The van der Waals surface area contributed by atoms with Crippen molar-refractivity contribution >= 4 is 40.8 Å². The number of hydrogen-bond acceptors (Lipinski definition) is 5. The van der Waals surface area contributed by atoms with E-state index in [4.69, 9.17) is 11.6 Å². The molecule has 0 N–H and O–H groups in total. The number of halogens is 1. The number of benzene rings is 1. The highest BCUT2D eigenvalue weighted by molar-refractivity contribution is 7.13. The van der Waals surface area contributed by atoms with E-state index >= 15 is 0 Å². The van der Waals surface area contributed by atoms with Crippen molar-refractivity contribution in [3.8, 4) is 10.6 Å². The van der Waals surface area contributed by atoms with Crippen LogP contribution in [-0.2, 0) is 16.1 Å². The number of carbonyl (C=O) groups is 3. The number of aromatic nitrogens is 1. The number of amides is 4. The number of nitrogens with zero attached hydrogens (tertiary/aromatic N) is 3. The molecule has 0 bridgehead atoms. The molecule has 2 aromatic rings. The van der Waals surface area contributed by atoms with Crippen LogP contribution in [0.15, 0.2) is 29.6 Å². The van der Waals surface area contributed by atoms with E-state index in [1.807, 2.05) is 12.1 Å². The second-order valence-corrected chi connectivity index (χ2v) is 8.09. The largest absolute Gasteiger partial charge is 0.334 e. The van der Waals surface area contributed by atoms with Crippen LogP contribution in [0.4, 0.5) is 4.79 Å². The van der Waals surface area contributed by atoms with Crippen LogP contribution in [0.5, 0.6) is 0 Å². The lowest BCUT2D eigenvalue weighted by Gasteiger charge is -2.28. The van der Waals surface area contributed by atoms with Crippen LogP contribution in [0.2, 0.25) is 5.02 Å². The maximum Gasteiger partial charge on any atom is 0.334 e. The molecule has 1 aliphatic carbocycles. The summed E-state index contributed by atoms with van der Waals surface area (Å²) in [6.07, 6.45) is 4.61. The molecule has 1 aromatic heterocycles. The third-order valence-electron chi connectivity index (χ3n) is 4.99. The zero-order valence-corrected chi connectivity index (χ0v) is 16.1. The average Bonchev–Trinajstić information content (AvgIpc) is 3.22. The van der Waals surface area contributed by atoms with Gasteiger partial charge in [0.15, 0.2) is 0 Å². The second kappa shape index (κ2) is 7.40. The lowest BCUT2D eigenvalue weighted by Crippen LogP contribution is -2.42. The van der Waals surface area contributed by atoms with Gasteiger partial charge in [-0.25, -0.2) is 14.7 Å². The maximum atomic E-state index is 12.7. The topological polar surface area (TPSA) is 70.6 Å². The molecule has 27 heavy (non-hydrogen) atoms. The minimum atomic E-state index is -0.758. The number of hydrogen-bond donors (Lipinski definition) is 0. The van der Waals surface area contributed by atoms with Crippen LogP contribution >= 0.6 is 22.9 Å². The van der Waals surface area contributed by atoms with Crippen molar-refractivity contribution in [3.05, 3.63) is 40.4 Å². The number of carbonyl (C=O) groups excluding carboxylic acids is 3. The average molecular weight is 404 g/mol. The number of thiazole rings is 1. The van der Waals surface area contributed by atoms with Gasteiger partial charge in [-0.1, -0.05) is 43.0 Å². The van der Waals surface area contributed by atoms with Crippen LogP contribution in [0, 0.1) is 0 Å². The predicted molar refractivity (Wildman–Crippen MR) is 102 cm³/mol. The Balaban J connectivity index is 1.51. The van der Waals surface area contributed by atoms with E-state index in [0.29, 0.717) is 10.7 Å². The Morgan fingerprint density at radius 3 is 2.44 bits per heavy atom. The van der Waals surface area contributed by atoms with Crippen molar-refractivity contribution < 1.29 is 14.4 Å². The lowest BCUT2D eigenvalue weighted by molar-refractivity contribution is -0.144. The van der Waals surface area contributed by atoms with Gasteiger partial charge in [0, 0.05) is 22.0 Å². The number of imide groups is 2. The number of urea groups is 1. The fourth-order valence-electron chi connectivity index (χ4n) is 3.59. The highest BCUT2D eigenvalue weighted by Crippen LogP contribution is 2.29. The van der Waals surface area contributed by atoms with Gasteiger partial charge in [0.1, 0.15) is 5.01 Å². The van der Waals surface area contributed by atoms with E-state index in [-0.39, 0.29) is 12.6 Å². The van der Waals surface area contributed by atoms with Gasteiger partial charge in [0.2, 0.25) is 0 Å². The molecule has 1 saturated heterocycles. The van der Waals surface area contributed by atoms with E-state index in [1.54, 1.807) is 17.5 Å². The van der Waals surface area contributed by atoms with Gasteiger partial charge < -0.3 is 0 Å². The highest BCUT2D eigenvalue weighted by atomic mass is 35.5. The molecule has 0 spiro atoms. The fraction of sp³-hybridized carbons (Fsp3) is 0.368. The Hall–Kier alpha value is -2.25.